The number of rotatable bonds is 6. The van der Waals surface area contributed by atoms with E-state index < -0.39 is 22.0 Å². The maximum Gasteiger partial charge on any atom is 0.316 e. The van der Waals surface area contributed by atoms with Gasteiger partial charge in [0.05, 0.1) is 6.04 Å². The van der Waals surface area contributed by atoms with Crippen molar-refractivity contribution in [2.45, 2.75) is 17.9 Å². The zero-order chi connectivity index (χ0) is 21.0. The molecular weight excluding hydrogens is 432 g/mol. The van der Waals surface area contributed by atoms with Gasteiger partial charge in [0, 0.05) is 30.3 Å². The Hall–Kier alpha value is -2.08. The van der Waals surface area contributed by atoms with Crippen LogP contribution in [0.4, 0.5) is 10.5 Å². The number of hydrogen-bond donors (Lipinski definition) is 3. The van der Waals surface area contributed by atoms with Crippen LogP contribution in [0.2, 0.25) is 0 Å². The van der Waals surface area contributed by atoms with Crippen molar-refractivity contribution in [3.05, 3.63) is 46.2 Å². The van der Waals surface area contributed by atoms with Crippen LogP contribution in [0.5, 0.6) is 0 Å². The SMILES string of the molecule is CC(NC(=O)c1sccc1S(=O)(=O)N1CCSCC1)c1ccc(NC(N)=O)cc1. The van der Waals surface area contributed by atoms with E-state index >= 15 is 0 Å². The van der Waals surface area contributed by atoms with Gasteiger partial charge in [0.2, 0.25) is 10.0 Å². The Kier molecular flexibility index (Phi) is 6.83. The molecule has 0 spiro atoms. The van der Waals surface area contributed by atoms with Crippen LogP contribution < -0.4 is 16.4 Å². The predicted octanol–water partition coefficient (Wildman–Crippen LogP) is 2.47. The number of anilines is 1. The summed E-state index contributed by atoms with van der Waals surface area (Å²) in [6.45, 7) is 2.70. The molecule has 1 fully saturated rings. The average molecular weight is 455 g/mol. The summed E-state index contributed by atoms with van der Waals surface area (Å²) in [6.07, 6.45) is 0. The normalized spacial score (nSPS) is 16.2. The van der Waals surface area contributed by atoms with Gasteiger partial charge in [0.15, 0.2) is 0 Å². The highest BCUT2D eigenvalue weighted by Crippen LogP contribution is 2.28. The Bertz CT molecular complexity index is 983. The number of sulfonamides is 1. The van der Waals surface area contributed by atoms with Gasteiger partial charge < -0.3 is 16.4 Å². The van der Waals surface area contributed by atoms with Crippen molar-refractivity contribution in [1.29, 1.82) is 0 Å². The largest absolute Gasteiger partial charge is 0.351 e. The molecule has 1 saturated heterocycles. The number of carbonyl (C=O) groups is 2. The molecule has 1 aromatic carbocycles. The molecule has 2 heterocycles. The highest BCUT2D eigenvalue weighted by atomic mass is 32.2. The van der Waals surface area contributed by atoms with Gasteiger partial charge in [-0.05, 0) is 36.1 Å². The van der Waals surface area contributed by atoms with Crippen LogP contribution in [0, 0.1) is 0 Å². The molecule has 0 aliphatic carbocycles. The van der Waals surface area contributed by atoms with Gasteiger partial charge in [0.25, 0.3) is 5.91 Å². The van der Waals surface area contributed by atoms with E-state index in [-0.39, 0.29) is 15.8 Å². The fourth-order valence-corrected chi connectivity index (χ4v) is 6.81. The number of hydrogen-bond acceptors (Lipinski definition) is 6. The topological polar surface area (TPSA) is 122 Å². The number of carbonyl (C=O) groups excluding carboxylic acids is 2. The fourth-order valence-electron chi connectivity index (χ4n) is 2.94. The molecule has 2 aromatic rings. The van der Waals surface area contributed by atoms with Gasteiger partial charge in [-0.3, -0.25) is 4.79 Å². The number of nitrogens with one attached hydrogen (secondary N) is 2. The first-order valence-corrected chi connectivity index (χ1v) is 12.4. The van der Waals surface area contributed by atoms with Crippen molar-refractivity contribution in [2.24, 2.45) is 5.73 Å². The van der Waals surface area contributed by atoms with Crippen molar-refractivity contribution in [3.63, 3.8) is 0 Å². The number of nitrogens with two attached hydrogens (primary N) is 1. The van der Waals surface area contributed by atoms with Gasteiger partial charge in [-0.2, -0.15) is 16.1 Å². The summed E-state index contributed by atoms with van der Waals surface area (Å²) < 4.78 is 27.3. The maximum atomic E-state index is 13.0. The van der Waals surface area contributed by atoms with Crippen LogP contribution in [0.3, 0.4) is 0 Å². The molecule has 29 heavy (non-hydrogen) atoms. The number of thioether (sulfide) groups is 1. The Balaban J connectivity index is 1.73. The lowest BCUT2D eigenvalue weighted by molar-refractivity contribution is 0.0941. The molecule has 156 valence electrons. The lowest BCUT2D eigenvalue weighted by Crippen LogP contribution is -2.38. The van der Waals surface area contributed by atoms with Gasteiger partial charge in [-0.15, -0.1) is 11.3 Å². The minimum atomic E-state index is -3.69. The third kappa shape index (κ3) is 5.10. The second kappa shape index (κ2) is 9.16. The molecule has 0 radical (unpaired) electrons. The van der Waals surface area contributed by atoms with Crippen LogP contribution in [0.1, 0.15) is 28.2 Å². The Morgan fingerprint density at radius 2 is 1.79 bits per heavy atom. The molecule has 1 aliphatic heterocycles. The maximum absolute atomic E-state index is 13.0. The van der Waals surface area contributed by atoms with Crippen LogP contribution in [0.25, 0.3) is 0 Å². The highest BCUT2D eigenvalue weighted by Gasteiger charge is 2.31. The number of nitrogens with zero attached hydrogens (tertiary/aromatic N) is 1. The van der Waals surface area contributed by atoms with Crippen LogP contribution in [0.15, 0.2) is 40.6 Å². The van der Waals surface area contributed by atoms with E-state index in [9.17, 15) is 18.0 Å². The molecule has 1 aliphatic rings. The Labute approximate surface area is 177 Å². The number of benzene rings is 1. The first kappa shape index (κ1) is 21.6. The summed E-state index contributed by atoms with van der Waals surface area (Å²) in [7, 11) is -3.69. The third-order valence-corrected chi connectivity index (χ3v) is 8.37. The van der Waals surface area contributed by atoms with Crippen LogP contribution in [-0.4, -0.2) is 49.3 Å². The van der Waals surface area contributed by atoms with Crippen molar-refractivity contribution < 1.29 is 18.0 Å². The average Bonchev–Trinajstić information content (AvgIpc) is 3.19. The van der Waals surface area contributed by atoms with E-state index in [1.807, 2.05) is 0 Å². The number of thiophene rings is 1. The number of primary amides is 1. The standard InChI is InChI=1S/C18H22N4O4S3/c1-12(13-2-4-14(5-3-13)21-18(19)24)20-17(23)16-15(6-9-28-16)29(25,26)22-7-10-27-11-8-22/h2-6,9,12H,7-8,10-11H2,1H3,(H,20,23)(H3,19,21,24). The lowest BCUT2D eigenvalue weighted by atomic mass is 10.1. The van der Waals surface area contributed by atoms with Gasteiger partial charge in [-0.25, -0.2) is 13.2 Å². The van der Waals surface area contributed by atoms with Crippen molar-refractivity contribution in [1.82, 2.24) is 9.62 Å². The molecule has 8 nitrogen and oxygen atoms in total. The predicted molar refractivity (Wildman–Crippen MR) is 116 cm³/mol. The summed E-state index contributed by atoms with van der Waals surface area (Å²) in [5, 5.41) is 6.94. The second-order valence-electron chi connectivity index (χ2n) is 6.44. The van der Waals surface area contributed by atoms with E-state index in [0.29, 0.717) is 18.8 Å². The van der Waals surface area contributed by atoms with E-state index in [4.69, 9.17) is 5.73 Å². The highest BCUT2D eigenvalue weighted by molar-refractivity contribution is 7.99. The van der Waals surface area contributed by atoms with E-state index in [1.165, 1.54) is 10.4 Å². The van der Waals surface area contributed by atoms with E-state index in [1.54, 1.807) is 48.3 Å². The monoisotopic (exact) mass is 454 g/mol. The van der Waals surface area contributed by atoms with Crippen molar-refractivity contribution in [3.8, 4) is 0 Å². The van der Waals surface area contributed by atoms with Crippen LogP contribution >= 0.6 is 23.1 Å². The minimum absolute atomic E-state index is 0.0557. The summed E-state index contributed by atoms with van der Waals surface area (Å²) in [4.78, 5) is 23.9. The molecule has 3 rings (SSSR count). The Morgan fingerprint density at radius 1 is 1.14 bits per heavy atom. The molecule has 11 heteroatoms. The molecule has 0 bridgehead atoms. The molecule has 1 unspecified atom stereocenters. The summed E-state index contributed by atoms with van der Waals surface area (Å²) in [5.74, 6) is 1.07. The summed E-state index contributed by atoms with van der Waals surface area (Å²) in [6, 6.07) is 7.36. The molecule has 3 amide bonds. The van der Waals surface area contributed by atoms with E-state index in [0.717, 1.165) is 28.4 Å². The quantitative estimate of drug-likeness (QED) is 0.619. The molecule has 4 N–H and O–H groups in total. The molecule has 1 atom stereocenters. The van der Waals surface area contributed by atoms with Crippen molar-refractivity contribution in [2.75, 3.05) is 29.9 Å². The van der Waals surface area contributed by atoms with E-state index in [2.05, 4.69) is 10.6 Å². The third-order valence-electron chi connectivity index (χ3n) is 4.45. The molecule has 0 saturated carbocycles. The van der Waals surface area contributed by atoms with Gasteiger partial charge >= 0.3 is 6.03 Å². The van der Waals surface area contributed by atoms with Gasteiger partial charge in [0.1, 0.15) is 9.77 Å². The number of amides is 3. The summed E-state index contributed by atoms with van der Waals surface area (Å²) in [5.41, 5.74) is 6.44. The lowest BCUT2D eigenvalue weighted by Gasteiger charge is -2.25. The first-order valence-electron chi connectivity index (χ1n) is 8.91. The number of urea groups is 1. The first-order chi connectivity index (χ1) is 13.8. The Morgan fingerprint density at radius 3 is 2.41 bits per heavy atom. The minimum Gasteiger partial charge on any atom is -0.351 e. The fraction of sp³-hybridized carbons (Fsp3) is 0.333. The van der Waals surface area contributed by atoms with Crippen LogP contribution in [-0.2, 0) is 10.0 Å². The smallest absolute Gasteiger partial charge is 0.316 e. The molecule has 1 aromatic heterocycles. The second-order valence-corrected chi connectivity index (χ2v) is 10.5. The van der Waals surface area contributed by atoms with Crippen molar-refractivity contribution >= 4 is 50.7 Å². The zero-order valence-electron chi connectivity index (χ0n) is 15.8. The van der Waals surface area contributed by atoms with Gasteiger partial charge in [-0.1, -0.05) is 12.1 Å². The summed E-state index contributed by atoms with van der Waals surface area (Å²) >= 11 is 2.83. The molecular formula is C18H22N4O4S3. The zero-order valence-corrected chi connectivity index (χ0v) is 18.2.